The summed E-state index contributed by atoms with van der Waals surface area (Å²) < 4.78 is 0. The number of nitrogens with one attached hydrogen (secondary N) is 1. The van der Waals surface area contributed by atoms with Gasteiger partial charge in [-0.1, -0.05) is 38.1 Å². The van der Waals surface area contributed by atoms with E-state index in [4.69, 9.17) is 0 Å². The molecule has 0 spiro atoms. The highest BCUT2D eigenvalue weighted by Crippen LogP contribution is 2.19. The van der Waals surface area contributed by atoms with Crippen molar-refractivity contribution in [2.45, 2.75) is 46.6 Å². The third-order valence-corrected chi connectivity index (χ3v) is 3.90. The lowest BCUT2D eigenvalue weighted by Gasteiger charge is -2.28. The van der Waals surface area contributed by atoms with Gasteiger partial charge in [-0.3, -0.25) is 0 Å². The molecule has 18 heavy (non-hydrogen) atoms. The fourth-order valence-electron chi connectivity index (χ4n) is 1.95. The van der Waals surface area contributed by atoms with E-state index in [9.17, 15) is 5.11 Å². The van der Waals surface area contributed by atoms with Gasteiger partial charge in [-0.15, -0.1) is 0 Å². The predicted octanol–water partition coefficient (Wildman–Crippen LogP) is 2.92. The maximum Gasteiger partial charge on any atom is 0.0496 e. The molecule has 1 aromatic rings. The molecule has 1 aromatic carbocycles. The molecule has 2 nitrogen and oxygen atoms in total. The van der Waals surface area contributed by atoms with E-state index in [1.54, 1.807) is 0 Å². The highest BCUT2D eigenvalue weighted by Gasteiger charge is 2.21. The molecule has 0 heterocycles. The second kappa shape index (κ2) is 6.91. The van der Waals surface area contributed by atoms with E-state index in [2.05, 4.69) is 57.3 Å². The summed E-state index contributed by atoms with van der Waals surface area (Å²) in [6.45, 7) is 9.73. The Morgan fingerprint density at radius 1 is 1.33 bits per heavy atom. The molecule has 0 fully saturated rings. The topological polar surface area (TPSA) is 32.3 Å². The second-order valence-electron chi connectivity index (χ2n) is 5.73. The third-order valence-electron chi connectivity index (χ3n) is 3.90. The number of aryl methyl sites for hydroxylation is 1. The van der Waals surface area contributed by atoms with Crippen LogP contribution in [-0.4, -0.2) is 24.3 Å². The van der Waals surface area contributed by atoms with Gasteiger partial charge in [0.05, 0.1) is 0 Å². The molecule has 1 rings (SSSR count). The van der Waals surface area contributed by atoms with Crippen molar-refractivity contribution in [2.24, 2.45) is 5.41 Å². The van der Waals surface area contributed by atoms with E-state index in [1.807, 2.05) is 0 Å². The number of aliphatic hydroxyl groups is 1. The van der Waals surface area contributed by atoms with Crippen molar-refractivity contribution in [3.05, 3.63) is 35.4 Å². The summed E-state index contributed by atoms with van der Waals surface area (Å²) in [7, 11) is 0. The zero-order valence-corrected chi connectivity index (χ0v) is 12.2. The molecule has 0 aliphatic rings. The Bertz CT molecular complexity index is 358. The fraction of sp³-hybridized carbons (Fsp3) is 0.625. The molecule has 0 saturated heterocycles. The average molecular weight is 249 g/mol. The van der Waals surface area contributed by atoms with Gasteiger partial charge < -0.3 is 10.4 Å². The minimum absolute atomic E-state index is 0.00000744. The normalized spacial score (nSPS) is 16.3. The van der Waals surface area contributed by atoms with E-state index in [1.165, 1.54) is 11.1 Å². The first-order valence-corrected chi connectivity index (χ1v) is 6.89. The first kappa shape index (κ1) is 15.2. The number of hydrogen-bond donors (Lipinski definition) is 2. The standard InChI is InChI=1S/C16H27NO/c1-5-16(4,12-18)11-17-14(3)10-15-9-7-6-8-13(15)2/h6-9,14,17-18H,5,10-12H2,1-4H3. The zero-order chi connectivity index (χ0) is 13.6. The van der Waals surface area contributed by atoms with Crippen LogP contribution < -0.4 is 5.32 Å². The summed E-state index contributed by atoms with van der Waals surface area (Å²) in [5, 5.41) is 12.9. The van der Waals surface area contributed by atoms with Crippen LogP contribution in [0.3, 0.4) is 0 Å². The molecule has 2 unspecified atom stereocenters. The lowest BCUT2D eigenvalue weighted by Crippen LogP contribution is -2.39. The van der Waals surface area contributed by atoms with Crippen LogP contribution in [0.5, 0.6) is 0 Å². The minimum Gasteiger partial charge on any atom is -0.396 e. The molecule has 102 valence electrons. The molecular weight excluding hydrogens is 222 g/mol. The van der Waals surface area contributed by atoms with Crippen LogP contribution in [-0.2, 0) is 6.42 Å². The lowest BCUT2D eigenvalue weighted by atomic mass is 9.88. The van der Waals surface area contributed by atoms with Crippen molar-refractivity contribution < 1.29 is 5.11 Å². The summed E-state index contributed by atoms with van der Waals surface area (Å²) in [6.07, 6.45) is 2.03. The van der Waals surface area contributed by atoms with Crippen LogP contribution in [0.1, 0.15) is 38.3 Å². The van der Waals surface area contributed by atoms with E-state index < -0.39 is 0 Å². The quantitative estimate of drug-likeness (QED) is 0.779. The monoisotopic (exact) mass is 249 g/mol. The van der Waals surface area contributed by atoms with Crippen LogP contribution in [0.25, 0.3) is 0 Å². The maximum atomic E-state index is 9.39. The van der Waals surface area contributed by atoms with Gasteiger partial charge in [0.2, 0.25) is 0 Å². The van der Waals surface area contributed by atoms with Crippen LogP contribution in [0, 0.1) is 12.3 Å². The SMILES string of the molecule is CCC(C)(CO)CNC(C)Cc1ccccc1C. The molecule has 0 aromatic heterocycles. The van der Waals surface area contributed by atoms with Crippen LogP contribution >= 0.6 is 0 Å². The van der Waals surface area contributed by atoms with Gasteiger partial charge in [0, 0.05) is 24.6 Å². The molecule has 2 heteroatoms. The number of hydrogen-bond acceptors (Lipinski definition) is 2. The summed E-state index contributed by atoms with van der Waals surface area (Å²) in [5.41, 5.74) is 2.76. The van der Waals surface area contributed by atoms with E-state index in [0.29, 0.717) is 6.04 Å². The van der Waals surface area contributed by atoms with Crippen molar-refractivity contribution >= 4 is 0 Å². The van der Waals surface area contributed by atoms with E-state index in [-0.39, 0.29) is 12.0 Å². The third kappa shape index (κ3) is 4.43. The predicted molar refractivity (Wildman–Crippen MR) is 77.8 cm³/mol. The first-order valence-electron chi connectivity index (χ1n) is 6.89. The molecule has 2 atom stereocenters. The van der Waals surface area contributed by atoms with E-state index >= 15 is 0 Å². The molecule has 0 saturated carbocycles. The fourth-order valence-corrected chi connectivity index (χ4v) is 1.95. The highest BCUT2D eigenvalue weighted by atomic mass is 16.3. The van der Waals surface area contributed by atoms with Crippen molar-refractivity contribution in [2.75, 3.05) is 13.2 Å². The Balaban J connectivity index is 2.48. The molecule has 0 bridgehead atoms. The molecule has 0 aliphatic heterocycles. The van der Waals surface area contributed by atoms with Gasteiger partial charge in [-0.05, 0) is 37.8 Å². The van der Waals surface area contributed by atoms with Crippen molar-refractivity contribution in [1.29, 1.82) is 0 Å². The Hall–Kier alpha value is -0.860. The van der Waals surface area contributed by atoms with Crippen molar-refractivity contribution in [3.63, 3.8) is 0 Å². The van der Waals surface area contributed by atoms with E-state index in [0.717, 1.165) is 19.4 Å². The largest absolute Gasteiger partial charge is 0.396 e. The van der Waals surface area contributed by atoms with Gasteiger partial charge in [-0.25, -0.2) is 0 Å². The summed E-state index contributed by atoms with van der Waals surface area (Å²) in [4.78, 5) is 0. The molecule has 0 amide bonds. The molecule has 2 N–H and O–H groups in total. The summed E-state index contributed by atoms with van der Waals surface area (Å²) in [5.74, 6) is 0. The van der Waals surface area contributed by atoms with Crippen LogP contribution in [0.2, 0.25) is 0 Å². The highest BCUT2D eigenvalue weighted by molar-refractivity contribution is 5.26. The average Bonchev–Trinajstić information content (AvgIpc) is 2.39. The Morgan fingerprint density at radius 3 is 2.56 bits per heavy atom. The van der Waals surface area contributed by atoms with Gasteiger partial charge >= 0.3 is 0 Å². The van der Waals surface area contributed by atoms with Crippen molar-refractivity contribution in [1.82, 2.24) is 5.32 Å². The Morgan fingerprint density at radius 2 is 2.00 bits per heavy atom. The zero-order valence-electron chi connectivity index (χ0n) is 12.2. The first-order chi connectivity index (χ1) is 8.50. The summed E-state index contributed by atoms with van der Waals surface area (Å²) in [6, 6.07) is 8.96. The minimum atomic E-state index is -0.00000744. The van der Waals surface area contributed by atoms with Crippen LogP contribution in [0.4, 0.5) is 0 Å². The number of rotatable bonds is 7. The van der Waals surface area contributed by atoms with Crippen LogP contribution in [0.15, 0.2) is 24.3 Å². The second-order valence-corrected chi connectivity index (χ2v) is 5.73. The lowest BCUT2D eigenvalue weighted by molar-refractivity contribution is 0.132. The smallest absolute Gasteiger partial charge is 0.0496 e. The summed E-state index contributed by atoms with van der Waals surface area (Å²) >= 11 is 0. The Labute approximate surface area is 111 Å². The van der Waals surface area contributed by atoms with Gasteiger partial charge in [-0.2, -0.15) is 0 Å². The number of aliphatic hydroxyl groups excluding tert-OH is 1. The Kier molecular flexibility index (Phi) is 5.83. The van der Waals surface area contributed by atoms with Gasteiger partial charge in [0.1, 0.15) is 0 Å². The molecule has 0 aliphatic carbocycles. The molecule has 0 radical (unpaired) electrons. The van der Waals surface area contributed by atoms with Gasteiger partial charge in [0.25, 0.3) is 0 Å². The maximum absolute atomic E-state index is 9.39. The van der Waals surface area contributed by atoms with Crippen molar-refractivity contribution in [3.8, 4) is 0 Å². The van der Waals surface area contributed by atoms with Gasteiger partial charge in [0.15, 0.2) is 0 Å². The number of benzene rings is 1. The molecular formula is C16H27NO.